The van der Waals surface area contributed by atoms with Crippen LogP contribution in [0.25, 0.3) is 0 Å². The highest BCUT2D eigenvalue weighted by Gasteiger charge is 2.28. The maximum atomic E-state index is 12.4. The van der Waals surface area contributed by atoms with Gasteiger partial charge in [0, 0.05) is 44.2 Å². The molecule has 25 heavy (non-hydrogen) atoms. The molecule has 6 heteroatoms. The van der Waals surface area contributed by atoms with Gasteiger partial charge in [0.25, 0.3) is 5.91 Å². The van der Waals surface area contributed by atoms with Crippen molar-refractivity contribution in [1.29, 1.82) is 0 Å². The van der Waals surface area contributed by atoms with Crippen molar-refractivity contribution < 1.29 is 14.0 Å². The van der Waals surface area contributed by atoms with Crippen molar-refractivity contribution in [2.24, 2.45) is 5.92 Å². The van der Waals surface area contributed by atoms with Crippen molar-refractivity contribution >= 4 is 11.8 Å². The molecular weight excluding hydrogens is 318 g/mol. The molecule has 0 aromatic carbocycles. The topological polar surface area (TPSA) is 65.8 Å². The van der Waals surface area contributed by atoms with E-state index in [1.807, 2.05) is 0 Å². The van der Waals surface area contributed by atoms with Gasteiger partial charge in [-0.05, 0) is 52.7 Å². The lowest BCUT2D eigenvalue weighted by Crippen LogP contribution is -2.46. The third-order valence-corrected chi connectivity index (χ3v) is 4.88. The van der Waals surface area contributed by atoms with Gasteiger partial charge in [-0.2, -0.15) is 0 Å². The Balaban J connectivity index is 1.73. The molecule has 0 spiro atoms. The van der Waals surface area contributed by atoms with Gasteiger partial charge in [0.2, 0.25) is 5.91 Å². The molecule has 1 aromatic rings. The van der Waals surface area contributed by atoms with Crippen molar-refractivity contribution in [3.8, 4) is 0 Å². The summed E-state index contributed by atoms with van der Waals surface area (Å²) in [6.45, 7) is 11.4. The van der Waals surface area contributed by atoms with Crippen LogP contribution in [-0.2, 0) is 4.79 Å². The summed E-state index contributed by atoms with van der Waals surface area (Å²) < 4.78 is 5.16. The third kappa shape index (κ3) is 5.33. The number of piperidine rings is 1. The second-order valence-corrected chi connectivity index (χ2v) is 7.26. The first-order valence-electron chi connectivity index (χ1n) is 9.26. The molecule has 1 aliphatic heterocycles. The van der Waals surface area contributed by atoms with Gasteiger partial charge in [-0.1, -0.05) is 0 Å². The van der Waals surface area contributed by atoms with E-state index in [-0.39, 0.29) is 17.7 Å². The largest absolute Gasteiger partial charge is 0.459 e. The van der Waals surface area contributed by atoms with Crippen LogP contribution in [0.15, 0.2) is 22.8 Å². The maximum absolute atomic E-state index is 12.4. The predicted octanol–water partition coefficient (Wildman–Crippen LogP) is 2.37. The Labute approximate surface area is 150 Å². The maximum Gasteiger partial charge on any atom is 0.289 e. The molecule has 140 valence electrons. The molecule has 1 fully saturated rings. The zero-order chi connectivity index (χ0) is 18.4. The summed E-state index contributed by atoms with van der Waals surface area (Å²) in [6.07, 6.45) is 2.91. The van der Waals surface area contributed by atoms with Crippen LogP contribution in [0, 0.1) is 5.92 Å². The minimum atomic E-state index is -0.0895. The summed E-state index contributed by atoms with van der Waals surface area (Å²) in [5, 5.41) is 3.06. The van der Waals surface area contributed by atoms with Crippen molar-refractivity contribution in [2.45, 2.75) is 52.6 Å². The minimum absolute atomic E-state index is 0.00722. The molecule has 0 atom stereocenters. The number of furan rings is 1. The number of nitrogens with one attached hydrogen (secondary N) is 1. The molecule has 2 amide bonds. The lowest BCUT2D eigenvalue weighted by atomic mass is 9.95. The van der Waals surface area contributed by atoms with E-state index in [4.69, 9.17) is 4.42 Å². The zero-order valence-corrected chi connectivity index (χ0v) is 15.8. The van der Waals surface area contributed by atoms with Crippen LogP contribution in [0.1, 0.15) is 51.1 Å². The summed E-state index contributed by atoms with van der Waals surface area (Å²) in [5.74, 6) is 0.378. The van der Waals surface area contributed by atoms with Gasteiger partial charge in [-0.15, -0.1) is 0 Å². The Kier molecular flexibility index (Phi) is 7.05. The quantitative estimate of drug-likeness (QED) is 0.821. The van der Waals surface area contributed by atoms with Crippen LogP contribution < -0.4 is 5.32 Å². The molecule has 1 aromatic heterocycles. The highest BCUT2D eigenvalue weighted by molar-refractivity contribution is 5.91. The van der Waals surface area contributed by atoms with Gasteiger partial charge >= 0.3 is 0 Å². The van der Waals surface area contributed by atoms with Crippen LogP contribution in [0.3, 0.4) is 0 Å². The molecule has 0 bridgehead atoms. The van der Waals surface area contributed by atoms with Crippen molar-refractivity contribution in [1.82, 2.24) is 15.1 Å². The number of amides is 2. The molecule has 2 heterocycles. The molecule has 0 radical (unpaired) electrons. The van der Waals surface area contributed by atoms with E-state index in [9.17, 15) is 9.59 Å². The van der Waals surface area contributed by atoms with Gasteiger partial charge in [0.05, 0.1) is 6.26 Å². The highest BCUT2D eigenvalue weighted by atomic mass is 16.3. The van der Waals surface area contributed by atoms with E-state index in [1.165, 1.54) is 6.26 Å². The second-order valence-electron chi connectivity index (χ2n) is 7.26. The van der Waals surface area contributed by atoms with E-state index in [0.717, 1.165) is 6.54 Å². The molecule has 1 N–H and O–H groups in total. The van der Waals surface area contributed by atoms with Crippen LogP contribution >= 0.6 is 0 Å². The zero-order valence-electron chi connectivity index (χ0n) is 15.8. The SMILES string of the molecule is CC(C)N(CCNC(=O)C1CCN(C(=O)c2ccco2)CC1)C(C)C. The van der Waals surface area contributed by atoms with Gasteiger partial charge in [-0.3, -0.25) is 14.5 Å². The lowest BCUT2D eigenvalue weighted by Gasteiger charge is -2.32. The Bertz CT molecular complexity index is 538. The van der Waals surface area contributed by atoms with Crippen LogP contribution in [0.5, 0.6) is 0 Å². The number of carbonyl (C=O) groups excluding carboxylic acids is 2. The Morgan fingerprint density at radius 3 is 2.40 bits per heavy atom. The highest BCUT2D eigenvalue weighted by Crippen LogP contribution is 2.19. The molecule has 0 unspecified atom stereocenters. The number of carbonyl (C=O) groups is 2. The standard InChI is InChI=1S/C19H31N3O3/c1-14(2)22(15(3)4)12-9-20-18(23)16-7-10-21(11-8-16)19(24)17-6-5-13-25-17/h5-6,13-16H,7-12H2,1-4H3,(H,20,23). The van der Waals surface area contributed by atoms with Crippen molar-refractivity contribution in [2.75, 3.05) is 26.2 Å². The van der Waals surface area contributed by atoms with Gasteiger partial charge < -0.3 is 14.6 Å². The second kappa shape index (κ2) is 9.04. The average Bonchev–Trinajstić information content (AvgIpc) is 3.11. The van der Waals surface area contributed by atoms with Gasteiger partial charge in [0.15, 0.2) is 5.76 Å². The number of likely N-dealkylation sites (tertiary alicyclic amines) is 1. The summed E-state index contributed by atoms with van der Waals surface area (Å²) in [7, 11) is 0. The first-order valence-corrected chi connectivity index (χ1v) is 9.26. The van der Waals surface area contributed by atoms with Gasteiger partial charge in [0.1, 0.15) is 0 Å². The molecule has 0 aliphatic carbocycles. The van der Waals surface area contributed by atoms with Crippen molar-refractivity contribution in [3.05, 3.63) is 24.2 Å². The average molecular weight is 349 g/mol. The van der Waals surface area contributed by atoms with E-state index < -0.39 is 0 Å². The number of rotatable bonds is 7. The monoisotopic (exact) mass is 349 g/mol. The summed E-state index contributed by atoms with van der Waals surface area (Å²) >= 11 is 0. The van der Waals surface area contributed by atoms with Crippen LogP contribution in [-0.4, -0.2) is 59.9 Å². The fraction of sp³-hybridized carbons (Fsp3) is 0.684. The van der Waals surface area contributed by atoms with Crippen LogP contribution in [0.4, 0.5) is 0 Å². The fourth-order valence-electron chi connectivity index (χ4n) is 3.47. The Morgan fingerprint density at radius 2 is 1.88 bits per heavy atom. The molecule has 0 saturated carbocycles. The normalized spacial score (nSPS) is 16.0. The van der Waals surface area contributed by atoms with E-state index in [2.05, 4.69) is 37.9 Å². The number of hydrogen-bond donors (Lipinski definition) is 1. The Morgan fingerprint density at radius 1 is 1.24 bits per heavy atom. The van der Waals surface area contributed by atoms with E-state index in [0.29, 0.717) is 50.3 Å². The summed E-state index contributed by atoms with van der Waals surface area (Å²) in [6, 6.07) is 4.32. The molecule has 1 saturated heterocycles. The van der Waals surface area contributed by atoms with Gasteiger partial charge in [-0.25, -0.2) is 0 Å². The van der Waals surface area contributed by atoms with E-state index in [1.54, 1.807) is 17.0 Å². The number of hydrogen-bond acceptors (Lipinski definition) is 4. The van der Waals surface area contributed by atoms with Crippen molar-refractivity contribution in [3.63, 3.8) is 0 Å². The third-order valence-electron chi connectivity index (χ3n) is 4.88. The first kappa shape index (κ1) is 19.5. The first-order chi connectivity index (χ1) is 11.9. The fourth-order valence-corrected chi connectivity index (χ4v) is 3.47. The predicted molar refractivity (Wildman–Crippen MR) is 97.3 cm³/mol. The summed E-state index contributed by atoms with van der Waals surface area (Å²) in [4.78, 5) is 28.7. The smallest absolute Gasteiger partial charge is 0.289 e. The molecule has 1 aliphatic rings. The Hall–Kier alpha value is -1.82. The molecule has 2 rings (SSSR count). The molecule has 6 nitrogen and oxygen atoms in total. The molecular formula is C19H31N3O3. The minimum Gasteiger partial charge on any atom is -0.459 e. The van der Waals surface area contributed by atoms with E-state index >= 15 is 0 Å². The lowest BCUT2D eigenvalue weighted by molar-refractivity contribution is -0.126. The summed E-state index contributed by atoms with van der Waals surface area (Å²) in [5.41, 5.74) is 0. The number of nitrogens with zero attached hydrogens (tertiary/aromatic N) is 2. The van der Waals surface area contributed by atoms with Crippen LogP contribution in [0.2, 0.25) is 0 Å².